The van der Waals surface area contributed by atoms with E-state index in [9.17, 15) is 0 Å². The van der Waals surface area contributed by atoms with Gasteiger partial charge in [0, 0.05) is 22.0 Å². The fraction of sp³-hybridized carbons (Fsp3) is 0.217. The fourth-order valence-electron chi connectivity index (χ4n) is 4.36. The highest BCUT2D eigenvalue weighted by Gasteiger charge is 2.52. The second kappa shape index (κ2) is 5.82. The van der Waals surface area contributed by atoms with Gasteiger partial charge in [-0.2, -0.15) is 0 Å². The summed E-state index contributed by atoms with van der Waals surface area (Å²) >= 11 is 3.71. The molecule has 0 amide bonds. The maximum atomic E-state index is 3.71. The molecule has 3 aromatic carbocycles. The lowest BCUT2D eigenvalue weighted by Crippen LogP contribution is -2.55. The van der Waals surface area contributed by atoms with E-state index in [0.29, 0.717) is 0 Å². The topological polar surface area (TPSA) is 0 Å². The summed E-state index contributed by atoms with van der Waals surface area (Å²) in [5, 5.41) is 0. The number of nitrogens with zero attached hydrogens (tertiary/aromatic N) is 1. The number of hydrogen-bond acceptors (Lipinski definition) is 0. The average Bonchev–Trinajstić information content (AvgIpc) is 2.86. The molecule has 1 aliphatic carbocycles. The van der Waals surface area contributed by atoms with E-state index in [1.165, 1.54) is 27.8 Å². The largest absolute Gasteiger partial charge is 0.318 e. The zero-order chi connectivity index (χ0) is 17.7. The molecule has 4 rings (SSSR count). The number of hydrogen-bond donors (Lipinski definition) is 0. The molecule has 0 heterocycles. The van der Waals surface area contributed by atoms with Crippen molar-refractivity contribution in [3.8, 4) is 11.1 Å². The molecule has 0 spiro atoms. The Hall–Kier alpha value is -1.90. The minimum Gasteiger partial charge on any atom is -0.318 e. The predicted octanol–water partition coefficient (Wildman–Crippen LogP) is 5.62. The average molecular weight is 393 g/mol. The van der Waals surface area contributed by atoms with Crippen LogP contribution in [0, 0.1) is 0 Å². The molecule has 0 saturated heterocycles. The molecular weight excluding hydrogens is 370 g/mol. The van der Waals surface area contributed by atoms with Crippen LogP contribution in [-0.4, -0.2) is 25.6 Å². The summed E-state index contributed by atoms with van der Waals surface area (Å²) in [6, 6.07) is 26.5. The molecule has 0 aliphatic heterocycles. The Labute approximate surface area is 158 Å². The van der Waals surface area contributed by atoms with E-state index in [-0.39, 0.29) is 5.54 Å². The highest BCUT2D eigenvalue weighted by molar-refractivity contribution is 9.10. The van der Waals surface area contributed by atoms with Gasteiger partial charge >= 0.3 is 0 Å². The van der Waals surface area contributed by atoms with Crippen molar-refractivity contribution in [3.63, 3.8) is 0 Å². The van der Waals surface area contributed by atoms with Crippen molar-refractivity contribution in [2.24, 2.45) is 0 Å². The van der Waals surface area contributed by atoms with Crippen LogP contribution in [-0.2, 0) is 12.0 Å². The van der Waals surface area contributed by atoms with Crippen molar-refractivity contribution in [2.45, 2.75) is 12.0 Å². The summed E-state index contributed by atoms with van der Waals surface area (Å²) in [5.41, 5.74) is 6.85. The Morgan fingerprint density at radius 1 is 0.760 bits per heavy atom. The molecule has 25 heavy (non-hydrogen) atoms. The summed E-state index contributed by atoms with van der Waals surface area (Å²) in [6.07, 6.45) is 0.984. The molecule has 2 heteroatoms. The molecule has 1 atom stereocenters. The van der Waals surface area contributed by atoms with Crippen LogP contribution in [0.1, 0.15) is 16.7 Å². The van der Waals surface area contributed by atoms with Gasteiger partial charge in [0.1, 0.15) is 0 Å². The summed E-state index contributed by atoms with van der Waals surface area (Å²) in [4.78, 5) is 0. The van der Waals surface area contributed by atoms with Crippen molar-refractivity contribution >= 4 is 15.9 Å². The number of fused-ring (bicyclic) bond motifs is 3. The van der Waals surface area contributed by atoms with Gasteiger partial charge in [-0.15, -0.1) is 0 Å². The number of benzene rings is 3. The van der Waals surface area contributed by atoms with Crippen molar-refractivity contribution in [2.75, 3.05) is 21.1 Å². The standard InChI is InChI=1S/C23H23BrN/c1-25(2,3)23(16-17-9-5-4-6-10-17)21-12-8-7-11-19(21)20-14-13-18(24)15-22(20)23/h4-15H,16H2,1-3H3/q+1. The quantitative estimate of drug-likeness (QED) is 0.507. The molecule has 0 bridgehead atoms. The molecule has 0 N–H and O–H groups in total. The normalized spacial score (nSPS) is 18.7. The SMILES string of the molecule is C[N+](C)(C)C1(Cc2ccccc2)c2ccccc2-c2ccc(Br)cc21. The number of likely N-dealkylation sites (N-methyl/N-ethyl adjacent to an activating group) is 1. The Morgan fingerprint density at radius 3 is 2.12 bits per heavy atom. The molecule has 1 unspecified atom stereocenters. The molecule has 1 aliphatic rings. The number of halogens is 1. The lowest BCUT2D eigenvalue weighted by molar-refractivity contribution is -0.924. The van der Waals surface area contributed by atoms with Crippen molar-refractivity contribution in [1.82, 2.24) is 0 Å². The highest BCUT2D eigenvalue weighted by atomic mass is 79.9. The van der Waals surface area contributed by atoms with Crippen molar-refractivity contribution in [3.05, 3.63) is 94.0 Å². The van der Waals surface area contributed by atoms with Crippen LogP contribution in [0.5, 0.6) is 0 Å². The van der Waals surface area contributed by atoms with E-state index < -0.39 is 0 Å². The third kappa shape index (κ3) is 2.47. The van der Waals surface area contributed by atoms with Gasteiger partial charge in [0.25, 0.3) is 0 Å². The summed E-state index contributed by atoms with van der Waals surface area (Å²) in [7, 11) is 6.95. The molecule has 3 aromatic rings. The number of rotatable bonds is 3. The zero-order valence-electron chi connectivity index (χ0n) is 15.0. The van der Waals surface area contributed by atoms with E-state index in [1.54, 1.807) is 0 Å². The van der Waals surface area contributed by atoms with Gasteiger partial charge in [-0.25, -0.2) is 0 Å². The van der Waals surface area contributed by atoms with E-state index in [1.807, 2.05) is 0 Å². The first-order valence-corrected chi connectivity index (χ1v) is 9.48. The van der Waals surface area contributed by atoms with E-state index in [2.05, 4.69) is 110 Å². The molecular formula is C23H23BrN+. The van der Waals surface area contributed by atoms with Crippen LogP contribution in [0.2, 0.25) is 0 Å². The van der Waals surface area contributed by atoms with Crippen LogP contribution in [0.25, 0.3) is 11.1 Å². The van der Waals surface area contributed by atoms with Crippen LogP contribution in [0.3, 0.4) is 0 Å². The minimum absolute atomic E-state index is 0.100. The molecule has 126 valence electrons. The Morgan fingerprint density at radius 2 is 1.40 bits per heavy atom. The first-order chi connectivity index (χ1) is 11.9. The Kier molecular flexibility index (Phi) is 3.86. The molecule has 1 nitrogen and oxygen atoms in total. The van der Waals surface area contributed by atoms with Gasteiger partial charge in [-0.05, 0) is 28.8 Å². The van der Waals surface area contributed by atoms with E-state index in [4.69, 9.17) is 0 Å². The zero-order valence-corrected chi connectivity index (χ0v) is 16.5. The first kappa shape index (κ1) is 16.6. The Balaban J connectivity index is 2.05. The third-order valence-electron chi connectivity index (χ3n) is 5.54. The number of quaternary nitrogens is 1. The monoisotopic (exact) mass is 392 g/mol. The minimum atomic E-state index is -0.100. The second-order valence-corrected chi connectivity index (χ2v) is 8.69. The van der Waals surface area contributed by atoms with Gasteiger partial charge in [0.15, 0.2) is 5.54 Å². The lowest BCUT2D eigenvalue weighted by Gasteiger charge is -2.45. The van der Waals surface area contributed by atoms with Crippen molar-refractivity contribution in [1.29, 1.82) is 0 Å². The van der Waals surface area contributed by atoms with E-state index >= 15 is 0 Å². The summed E-state index contributed by atoms with van der Waals surface area (Å²) in [5.74, 6) is 0. The molecule has 0 radical (unpaired) electrons. The Bertz CT molecular complexity index is 924. The first-order valence-electron chi connectivity index (χ1n) is 8.69. The van der Waals surface area contributed by atoms with Gasteiger partial charge in [-0.3, -0.25) is 0 Å². The van der Waals surface area contributed by atoms with Crippen LogP contribution >= 0.6 is 15.9 Å². The predicted molar refractivity (Wildman–Crippen MR) is 109 cm³/mol. The van der Waals surface area contributed by atoms with Crippen LogP contribution in [0.15, 0.2) is 77.3 Å². The highest BCUT2D eigenvalue weighted by Crippen LogP contribution is 2.54. The summed E-state index contributed by atoms with van der Waals surface area (Å²) in [6.45, 7) is 0. The molecule has 0 fully saturated rings. The van der Waals surface area contributed by atoms with E-state index in [0.717, 1.165) is 15.4 Å². The summed E-state index contributed by atoms with van der Waals surface area (Å²) < 4.78 is 1.99. The second-order valence-electron chi connectivity index (χ2n) is 7.77. The smallest absolute Gasteiger partial charge is 0.155 e. The maximum Gasteiger partial charge on any atom is 0.155 e. The van der Waals surface area contributed by atoms with Crippen molar-refractivity contribution < 1.29 is 4.48 Å². The van der Waals surface area contributed by atoms with Crippen LogP contribution < -0.4 is 0 Å². The van der Waals surface area contributed by atoms with Gasteiger partial charge in [0.05, 0.1) is 21.1 Å². The van der Waals surface area contributed by atoms with Gasteiger partial charge in [-0.1, -0.05) is 76.6 Å². The molecule has 0 saturated carbocycles. The fourth-order valence-corrected chi connectivity index (χ4v) is 4.72. The third-order valence-corrected chi connectivity index (χ3v) is 6.03. The van der Waals surface area contributed by atoms with Gasteiger partial charge < -0.3 is 4.48 Å². The van der Waals surface area contributed by atoms with Gasteiger partial charge in [0.2, 0.25) is 0 Å². The lowest BCUT2D eigenvalue weighted by atomic mass is 9.79. The van der Waals surface area contributed by atoms with Crippen LogP contribution in [0.4, 0.5) is 0 Å². The maximum absolute atomic E-state index is 3.71. The molecule has 0 aromatic heterocycles.